The third kappa shape index (κ3) is 4.27. The maximum absolute atomic E-state index is 12.5. The summed E-state index contributed by atoms with van der Waals surface area (Å²) in [6, 6.07) is 15.3. The molecule has 1 aromatic heterocycles. The van der Waals surface area contributed by atoms with Gasteiger partial charge in [0.25, 0.3) is 5.91 Å². The normalized spacial score (nSPS) is 10.5. The molecule has 128 valence electrons. The van der Waals surface area contributed by atoms with Crippen LogP contribution in [0.15, 0.2) is 53.0 Å². The molecule has 0 saturated carbocycles. The predicted octanol–water partition coefficient (Wildman–Crippen LogP) is 5.07. The van der Waals surface area contributed by atoms with Crippen molar-refractivity contribution in [3.63, 3.8) is 0 Å². The second kappa shape index (κ2) is 7.80. The van der Waals surface area contributed by atoms with Gasteiger partial charge < -0.3 is 4.74 Å². The number of halogens is 1. The predicted molar refractivity (Wildman–Crippen MR) is 105 cm³/mol. The number of aromatic nitrogens is 1. The molecule has 2 aromatic carbocycles. The molecule has 3 rings (SSSR count). The summed E-state index contributed by atoms with van der Waals surface area (Å²) in [4.78, 5) is 18.1. The van der Waals surface area contributed by atoms with E-state index >= 15 is 0 Å². The van der Waals surface area contributed by atoms with E-state index in [4.69, 9.17) is 4.74 Å². The molecule has 6 heteroatoms. The molecule has 1 heterocycles. The van der Waals surface area contributed by atoms with Crippen LogP contribution in [0.3, 0.4) is 0 Å². The maximum atomic E-state index is 12.5. The van der Waals surface area contributed by atoms with Gasteiger partial charge in [0.2, 0.25) is 0 Å². The van der Waals surface area contributed by atoms with Gasteiger partial charge in [-0.1, -0.05) is 40.2 Å². The summed E-state index contributed by atoms with van der Waals surface area (Å²) >= 11 is 4.99. The van der Waals surface area contributed by atoms with E-state index in [2.05, 4.69) is 38.4 Å². The average Bonchev–Trinajstić information content (AvgIpc) is 2.94. The van der Waals surface area contributed by atoms with Crippen molar-refractivity contribution in [1.29, 1.82) is 0 Å². The molecule has 0 aliphatic heterocycles. The van der Waals surface area contributed by atoms with Crippen LogP contribution in [0.4, 0.5) is 5.13 Å². The molecule has 1 amide bonds. The summed E-state index contributed by atoms with van der Waals surface area (Å²) in [7, 11) is 1.55. The van der Waals surface area contributed by atoms with Crippen molar-refractivity contribution in [2.75, 3.05) is 12.4 Å². The zero-order valence-electron chi connectivity index (χ0n) is 13.9. The van der Waals surface area contributed by atoms with E-state index < -0.39 is 0 Å². The first kappa shape index (κ1) is 17.6. The summed E-state index contributed by atoms with van der Waals surface area (Å²) in [6.45, 7) is 1.96. The van der Waals surface area contributed by atoms with Gasteiger partial charge >= 0.3 is 0 Å². The standard InChI is InChI=1S/C19H17BrN2O2S/c1-12-17(11-13-6-5-7-14(20)10-13)25-19(21-12)22-18(23)15-8-3-4-9-16(15)24-2/h3-10H,11H2,1-2H3,(H,21,22,23). The highest BCUT2D eigenvalue weighted by Crippen LogP contribution is 2.27. The summed E-state index contributed by atoms with van der Waals surface area (Å²) in [5, 5.41) is 3.47. The number of aryl methyl sites for hydroxylation is 1. The number of benzene rings is 2. The third-order valence-electron chi connectivity index (χ3n) is 3.72. The van der Waals surface area contributed by atoms with Crippen LogP contribution >= 0.6 is 27.3 Å². The van der Waals surface area contributed by atoms with E-state index in [-0.39, 0.29) is 5.91 Å². The number of ether oxygens (including phenoxy) is 1. The highest BCUT2D eigenvalue weighted by Gasteiger charge is 2.15. The fraction of sp³-hybridized carbons (Fsp3) is 0.158. The number of carbonyl (C=O) groups excluding carboxylic acids is 1. The minimum Gasteiger partial charge on any atom is -0.496 e. The van der Waals surface area contributed by atoms with Crippen molar-refractivity contribution in [2.24, 2.45) is 0 Å². The van der Waals surface area contributed by atoms with Crippen molar-refractivity contribution in [3.8, 4) is 5.75 Å². The van der Waals surface area contributed by atoms with E-state index in [1.54, 1.807) is 19.2 Å². The molecular formula is C19H17BrN2O2S. The number of nitrogens with one attached hydrogen (secondary N) is 1. The molecule has 0 bridgehead atoms. The Hall–Kier alpha value is -2.18. The SMILES string of the molecule is COc1ccccc1C(=O)Nc1nc(C)c(Cc2cccc(Br)c2)s1. The smallest absolute Gasteiger partial charge is 0.261 e. The lowest BCUT2D eigenvalue weighted by Gasteiger charge is -2.07. The monoisotopic (exact) mass is 416 g/mol. The van der Waals surface area contributed by atoms with Crippen LogP contribution in [0, 0.1) is 6.92 Å². The number of hydrogen-bond acceptors (Lipinski definition) is 4. The van der Waals surface area contributed by atoms with Crippen LogP contribution in [0.25, 0.3) is 0 Å². The Morgan fingerprint density at radius 2 is 2.04 bits per heavy atom. The number of hydrogen-bond donors (Lipinski definition) is 1. The van der Waals surface area contributed by atoms with E-state index in [9.17, 15) is 4.79 Å². The number of para-hydroxylation sites is 1. The molecule has 4 nitrogen and oxygen atoms in total. The zero-order valence-corrected chi connectivity index (χ0v) is 16.3. The highest BCUT2D eigenvalue weighted by atomic mass is 79.9. The minimum atomic E-state index is -0.222. The largest absolute Gasteiger partial charge is 0.496 e. The van der Waals surface area contributed by atoms with Gasteiger partial charge in [-0.2, -0.15) is 0 Å². The lowest BCUT2D eigenvalue weighted by Crippen LogP contribution is -2.12. The van der Waals surface area contributed by atoms with Crippen LogP contribution < -0.4 is 10.1 Å². The number of amides is 1. The first-order valence-electron chi connectivity index (χ1n) is 7.72. The van der Waals surface area contributed by atoms with Gasteiger partial charge in [-0.15, -0.1) is 11.3 Å². The first-order chi connectivity index (χ1) is 12.1. The van der Waals surface area contributed by atoms with E-state index in [1.807, 2.05) is 31.2 Å². The molecule has 0 fully saturated rings. The van der Waals surface area contributed by atoms with E-state index in [0.29, 0.717) is 16.4 Å². The second-order valence-corrected chi connectivity index (χ2v) is 7.49. The minimum absolute atomic E-state index is 0.222. The molecule has 0 aliphatic carbocycles. The first-order valence-corrected chi connectivity index (χ1v) is 9.33. The average molecular weight is 417 g/mol. The molecule has 0 radical (unpaired) electrons. The van der Waals surface area contributed by atoms with Crippen LogP contribution in [0.5, 0.6) is 5.75 Å². The second-order valence-electron chi connectivity index (χ2n) is 5.49. The molecule has 25 heavy (non-hydrogen) atoms. The quantitative estimate of drug-likeness (QED) is 0.631. The summed E-state index contributed by atoms with van der Waals surface area (Å²) in [5.41, 5.74) is 2.62. The third-order valence-corrected chi connectivity index (χ3v) is 5.28. The lowest BCUT2D eigenvalue weighted by molar-refractivity contribution is 0.102. The van der Waals surface area contributed by atoms with Gasteiger partial charge in [-0.25, -0.2) is 4.98 Å². The van der Waals surface area contributed by atoms with Gasteiger partial charge in [-0.3, -0.25) is 10.1 Å². The number of carbonyl (C=O) groups is 1. The van der Waals surface area contributed by atoms with Gasteiger partial charge in [-0.05, 0) is 36.8 Å². The van der Waals surface area contributed by atoms with Gasteiger partial charge in [0.15, 0.2) is 5.13 Å². The number of nitrogens with zero attached hydrogens (tertiary/aromatic N) is 1. The van der Waals surface area contributed by atoms with Crippen LogP contribution in [-0.4, -0.2) is 18.0 Å². The number of thiazole rings is 1. The summed E-state index contributed by atoms with van der Waals surface area (Å²) < 4.78 is 6.29. The van der Waals surface area contributed by atoms with Crippen molar-refractivity contribution in [2.45, 2.75) is 13.3 Å². The van der Waals surface area contributed by atoms with Crippen LogP contribution in [-0.2, 0) is 6.42 Å². The zero-order chi connectivity index (χ0) is 17.8. The van der Waals surface area contributed by atoms with Crippen molar-refractivity contribution >= 4 is 38.3 Å². The Morgan fingerprint density at radius 3 is 2.80 bits per heavy atom. The molecule has 0 unspecified atom stereocenters. The summed E-state index contributed by atoms with van der Waals surface area (Å²) in [5.74, 6) is 0.322. The molecule has 0 aliphatic rings. The molecule has 3 aromatic rings. The molecular weight excluding hydrogens is 400 g/mol. The lowest BCUT2D eigenvalue weighted by atomic mass is 10.1. The Morgan fingerprint density at radius 1 is 1.24 bits per heavy atom. The Balaban J connectivity index is 1.77. The molecule has 0 saturated heterocycles. The van der Waals surface area contributed by atoms with Gasteiger partial charge in [0.05, 0.1) is 18.4 Å². The maximum Gasteiger partial charge on any atom is 0.261 e. The van der Waals surface area contributed by atoms with E-state index in [0.717, 1.165) is 21.5 Å². The van der Waals surface area contributed by atoms with E-state index in [1.165, 1.54) is 16.9 Å². The molecule has 0 atom stereocenters. The van der Waals surface area contributed by atoms with Crippen LogP contribution in [0.1, 0.15) is 26.5 Å². The number of methoxy groups -OCH3 is 1. The molecule has 1 N–H and O–H groups in total. The van der Waals surface area contributed by atoms with Crippen molar-refractivity contribution in [1.82, 2.24) is 4.98 Å². The van der Waals surface area contributed by atoms with Crippen LogP contribution in [0.2, 0.25) is 0 Å². The van der Waals surface area contributed by atoms with Gasteiger partial charge in [0.1, 0.15) is 5.75 Å². The Kier molecular flexibility index (Phi) is 5.50. The fourth-order valence-electron chi connectivity index (χ4n) is 2.47. The van der Waals surface area contributed by atoms with Crippen molar-refractivity contribution in [3.05, 3.63) is 74.7 Å². The Bertz CT molecular complexity index is 908. The fourth-order valence-corrected chi connectivity index (χ4v) is 3.91. The topological polar surface area (TPSA) is 51.2 Å². The number of rotatable bonds is 5. The van der Waals surface area contributed by atoms with Crippen molar-refractivity contribution < 1.29 is 9.53 Å². The summed E-state index contributed by atoms with van der Waals surface area (Å²) in [6.07, 6.45) is 0.785. The highest BCUT2D eigenvalue weighted by molar-refractivity contribution is 9.10. The molecule has 0 spiro atoms. The van der Waals surface area contributed by atoms with Gasteiger partial charge in [0, 0.05) is 15.8 Å². The Labute approximate surface area is 159 Å². The number of anilines is 1.